The van der Waals surface area contributed by atoms with Crippen molar-refractivity contribution in [3.05, 3.63) is 17.5 Å². The Morgan fingerprint density at radius 3 is 2.57 bits per heavy atom. The number of nitrogen functional groups attached to an aromatic ring is 1. The third kappa shape index (κ3) is 1.41. The second-order valence-corrected chi connectivity index (χ2v) is 2.93. The normalized spacial score (nSPS) is 10.4. The van der Waals surface area contributed by atoms with Crippen LogP contribution in [0.3, 0.4) is 0 Å². The van der Waals surface area contributed by atoms with Crippen molar-refractivity contribution in [1.29, 1.82) is 0 Å². The van der Waals surface area contributed by atoms with Crippen molar-refractivity contribution in [3.63, 3.8) is 0 Å². The molecule has 0 bridgehead atoms. The van der Waals surface area contributed by atoms with Gasteiger partial charge in [-0.05, 0) is 19.9 Å². The lowest BCUT2D eigenvalue weighted by Gasteiger charge is -1.98. The van der Waals surface area contributed by atoms with Crippen molar-refractivity contribution < 1.29 is 4.42 Å². The van der Waals surface area contributed by atoms with Crippen LogP contribution in [0, 0.1) is 13.8 Å². The van der Waals surface area contributed by atoms with Gasteiger partial charge in [-0.15, -0.1) is 5.10 Å². The highest BCUT2D eigenvalue weighted by atomic mass is 16.4. The van der Waals surface area contributed by atoms with E-state index in [9.17, 15) is 0 Å². The van der Waals surface area contributed by atoms with Crippen LogP contribution < -0.4 is 5.73 Å². The number of nitrogens with zero attached hydrogens (tertiary/aromatic N) is 4. The molecule has 2 rings (SSSR count). The molecule has 2 heterocycles. The summed E-state index contributed by atoms with van der Waals surface area (Å²) in [4.78, 5) is 0. The van der Waals surface area contributed by atoms with Gasteiger partial charge in [0.15, 0.2) is 0 Å². The topological polar surface area (TPSA) is 90.7 Å². The molecule has 0 atom stereocenters. The Hall–Kier alpha value is -1.98. The Kier molecular flexibility index (Phi) is 1.88. The van der Waals surface area contributed by atoms with Crippen molar-refractivity contribution >= 4 is 6.01 Å². The lowest BCUT2D eigenvalue weighted by molar-refractivity contribution is 0.588. The summed E-state index contributed by atoms with van der Waals surface area (Å²) in [6.45, 7) is 3.66. The third-order valence-electron chi connectivity index (χ3n) is 1.77. The number of rotatable bonds is 1. The zero-order valence-corrected chi connectivity index (χ0v) is 7.85. The molecule has 0 fully saturated rings. The first-order valence-corrected chi connectivity index (χ1v) is 4.07. The maximum absolute atomic E-state index is 5.33. The van der Waals surface area contributed by atoms with E-state index in [1.807, 2.05) is 19.9 Å². The van der Waals surface area contributed by atoms with E-state index in [1.165, 1.54) is 0 Å². The Morgan fingerprint density at radius 1 is 1.14 bits per heavy atom. The highest BCUT2D eigenvalue weighted by molar-refractivity contribution is 5.56. The lowest BCUT2D eigenvalue weighted by atomic mass is 10.2. The van der Waals surface area contributed by atoms with Gasteiger partial charge in [0.1, 0.15) is 0 Å². The molecule has 0 aliphatic heterocycles. The predicted molar refractivity (Wildman–Crippen MR) is 49.2 cm³/mol. The molecule has 0 amide bonds. The molecule has 6 nitrogen and oxygen atoms in total. The standard InChI is InChI=1S/C8H9N5O/c1-4-3-6(5(2)11-10-4)7-12-13-8(9)14-7/h3H,1-2H3,(H2,9,13). The molecule has 0 saturated carbocycles. The van der Waals surface area contributed by atoms with Crippen LogP contribution >= 0.6 is 0 Å². The Bertz CT molecular complexity index is 465. The number of anilines is 1. The summed E-state index contributed by atoms with van der Waals surface area (Å²) in [7, 11) is 0. The van der Waals surface area contributed by atoms with Crippen molar-refractivity contribution in [2.75, 3.05) is 5.73 Å². The first-order chi connectivity index (χ1) is 6.66. The summed E-state index contributed by atoms with van der Waals surface area (Å²) in [6.07, 6.45) is 0. The smallest absolute Gasteiger partial charge is 0.313 e. The quantitative estimate of drug-likeness (QED) is 0.714. The van der Waals surface area contributed by atoms with Gasteiger partial charge in [0.05, 0.1) is 17.0 Å². The number of nitrogens with two attached hydrogens (primary N) is 1. The van der Waals surface area contributed by atoms with Gasteiger partial charge in [-0.3, -0.25) is 0 Å². The lowest BCUT2D eigenvalue weighted by Crippen LogP contribution is -1.93. The van der Waals surface area contributed by atoms with Crippen molar-refractivity contribution in [3.8, 4) is 11.5 Å². The average molecular weight is 191 g/mol. The van der Waals surface area contributed by atoms with E-state index in [1.54, 1.807) is 0 Å². The molecule has 14 heavy (non-hydrogen) atoms. The molecule has 72 valence electrons. The summed E-state index contributed by atoms with van der Waals surface area (Å²) in [5.41, 5.74) is 7.62. The maximum Gasteiger partial charge on any atom is 0.313 e. The minimum Gasteiger partial charge on any atom is -0.403 e. The number of hydrogen-bond donors (Lipinski definition) is 1. The van der Waals surface area contributed by atoms with E-state index in [0.717, 1.165) is 17.0 Å². The number of aromatic nitrogens is 4. The van der Waals surface area contributed by atoms with Gasteiger partial charge in [-0.25, -0.2) is 0 Å². The summed E-state index contributed by atoms with van der Waals surface area (Å²) in [5.74, 6) is 0.373. The Labute approximate surface area is 80.2 Å². The van der Waals surface area contributed by atoms with Crippen molar-refractivity contribution in [2.45, 2.75) is 13.8 Å². The van der Waals surface area contributed by atoms with E-state index in [0.29, 0.717) is 5.89 Å². The summed E-state index contributed by atoms with van der Waals surface area (Å²) in [6, 6.07) is 1.88. The van der Waals surface area contributed by atoms with Crippen LogP contribution in [0.4, 0.5) is 6.01 Å². The van der Waals surface area contributed by atoms with E-state index in [-0.39, 0.29) is 6.01 Å². The second-order valence-electron chi connectivity index (χ2n) is 2.93. The van der Waals surface area contributed by atoms with Gasteiger partial charge in [0, 0.05) is 0 Å². The molecule has 2 aromatic heterocycles. The zero-order valence-electron chi connectivity index (χ0n) is 7.85. The van der Waals surface area contributed by atoms with E-state index in [2.05, 4.69) is 20.4 Å². The second kappa shape index (κ2) is 3.06. The molecule has 0 aliphatic rings. The van der Waals surface area contributed by atoms with Crippen LogP contribution in [0.2, 0.25) is 0 Å². The highest BCUT2D eigenvalue weighted by Crippen LogP contribution is 2.20. The van der Waals surface area contributed by atoms with Crippen LogP contribution in [0.15, 0.2) is 10.5 Å². The first-order valence-electron chi connectivity index (χ1n) is 4.07. The number of aryl methyl sites for hydroxylation is 2. The minimum absolute atomic E-state index is 0.0499. The van der Waals surface area contributed by atoms with Crippen LogP contribution in [0.5, 0.6) is 0 Å². The van der Waals surface area contributed by atoms with Gasteiger partial charge < -0.3 is 10.2 Å². The van der Waals surface area contributed by atoms with Gasteiger partial charge >= 0.3 is 6.01 Å². The van der Waals surface area contributed by atoms with Gasteiger partial charge in [0.2, 0.25) is 0 Å². The van der Waals surface area contributed by atoms with E-state index < -0.39 is 0 Å². The van der Waals surface area contributed by atoms with E-state index >= 15 is 0 Å². The molecule has 2 N–H and O–H groups in total. The van der Waals surface area contributed by atoms with Crippen LogP contribution in [-0.2, 0) is 0 Å². The van der Waals surface area contributed by atoms with Crippen LogP contribution in [0.1, 0.15) is 11.4 Å². The van der Waals surface area contributed by atoms with Gasteiger partial charge in [-0.1, -0.05) is 5.10 Å². The Balaban J connectivity index is 2.55. The molecule has 2 aromatic rings. The van der Waals surface area contributed by atoms with Gasteiger partial charge in [0.25, 0.3) is 5.89 Å². The SMILES string of the molecule is Cc1cc(-c2nnc(N)o2)c(C)nn1. The maximum atomic E-state index is 5.33. The fourth-order valence-electron chi connectivity index (χ4n) is 1.11. The molecule has 6 heteroatoms. The van der Waals surface area contributed by atoms with Crippen LogP contribution in [0.25, 0.3) is 11.5 Å². The molecule has 0 aliphatic carbocycles. The zero-order chi connectivity index (χ0) is 10.1. The van der Waals surface area contributed by atoms with Crippen molar-refractivity contribution in [2.24, 2.45) is 0 Å². The monoisotopic (exact) mass is 191 g/mol. The van der Waals surface area contributed by atoms with Crippen molar-refractivity contribution in [1.82, 2.24) is 20.4 Å². The van der Waals surface area contributed by atoms with Crippen LogP contribution in [-0.4, -0.2) is 20.4 Å². The summed E-state index contributed by atoms with van der Waals surface area (Å²) in [5, 5.41) is 15.2. The molecule has 0 spiro atoms. The number of hydrogen-bond acceptors (Lipinski definition) is 6. The fraction of sp³-hybridized carbons (Fsp3) is 0.250. The molecule has 0 unspecified atom stereocenters. The molecule has 0 radical (unpaired) electrons. The predicted octanol–water partition coefficient (Wildman–Crippen LogP) is 0.726. The average Bonchev–Trinajstić information content (AvgIpc) is 2.56. The first kappa shape index (κ1) is 8.61. The molecule has 0 saturated heterocycles. The molecular formula is C8H9N5O. The molecule has 0 aromatic carbocycles. The van der Waals surface area contributed by atoms with E-state index in [4.69, 9.17) is 10.2 Å². The summed E-state index contributed by atoms with van der Waals surface area (Å²) >= 11 is 0. The van der Waals surface area contributed by atoms with Gasteiger partial charge in [-0.2, -0.15) is 10.2 Å². The largest absolute Gasteiger partial charge is 0.403 e. The minimum atomic E-state index is 0.0499. The fourth-order valence-corrected chi connectivity index (χ4v) is 1.11. The third-order valence-corrected chi connectivity index (χ3v) is 1.77. The molecular weight excluding hydrogens is 182 g/mol. The summed E-state index contributed by atoms with van der Waals surface area (Å²) < 4.78 is 5.09. The Morgan fingerprint density at radius 2 is 1.93 bits per heavy atom. The highest BCUT2D eigenvalue weighted by Gasteiger charge is 2.10.